The normalized spacial score (nSPS) is 20.5. The van der Waals surface area contributed by atoms with Gasteiger partial charge in [-0.05, 0) is 31.7 Å². The lowest BCUT2D eigenvalue weighted by Gasteiger charge is -2.35. The van der Waals surface area contributed by atoms with E-state index in [0.29, 0.717) is 5.70 Å². The van der Waals surface area contributed by atoms with Crippen molar-refractivity contribution >= 4 is 17.6 Å². The molecular weight excluding hydrogens is 306 g/mol. The Bertz CT molecular complexity index is 660. The standard InChI is InChI=1S/C19H23NO4/c1-13-7-9-14(10-8-13)16(20-11-5-4-6-12-20)15-17(21)23-19(2,3)24-18(15)22/h7-10H,4-6,11-12H2,1-3H3. The van der Waals surface area contributed by atoms with Gasteiger partial charge in [0.05, 0.1) is 5.70 Å². The summed E-state index contributed by atoms with van der Waals surface area (Å²) < 4.78 is 10.6. The summed E-state index contributed by atoms with van der Waals surface area (Å²) in [4.78, 5) is 27.2. The van der Waals surface area contributed by atoms with Gasteiger partial charge in [-0.2, -0.15) is 0 Å². The molecule has 0 aliphatic carbocycles. The van der Waals surface area contributed by atoms with E-state index in [-0.39, 0.29) is 5.57 Å². The third-order valence-electron chi connectivity index (χ3n) is 4.32. The lowest BCUT2D eigenvalue weighted by Crippen LogP contribution is -2.43. The van der Waals surface area contributed by atoms with E-state index in [4.69, 9.17) is 9.47 Å². The van der Waals surface area contributed by atoms with Crippen LogP contribution in [0.15, 0.2) is 29.8 Å². The largest absolute Gasteiger partial charge is 0.419 e. The van der Waals surface area contributed by atoms with Gasteiger partial charge in [-0.3, -0.25) is 0 Å². The zero-order chi connectivity index (χ0) is 17.3. The lowest BCUT2D eigenvalue weighted by atomic mass is 10.00. The summed E-state index contributed by atoms with van der Waals surface area (Å²) in [6.07, 6.45) is 3.24. The maximum Gasteiger partial charge on any atom is 0.351 e. The van der Waals surface area contributed by atoms with E-state index >= 15 is 0 Å². The average molecular weight is 329 g/mol. The van der Waals surface area contributed by atoms with E-state index in [1.807, 2.05) is 31.2 Å². The highest BCUT2D eigenvalue weighted by molar-refractivity contribution is 6.20. The van der Waals surface area contributed by atoms with Crippen molar-refractivity contribution in [2.24, 2.45) is 0 Å². The van der Waals surface area contributed by atoms with Gasteiger partial charge in [0.15, 0.2) is 5.57 Å². The fourth-order valence-electron chi connectivity index (χ4n) is 3.16. The van der Waals surface area contributed by atoms with Crippen molar-refractivity contribution in [1.82, 2.24) is 4.90 Å². The topological polar surface area (TPSA) is 55.8 Å². The molecule has 0 saturated carbocycles. The minimum atomic E-state index is -1.22. The molecular formula is C19H23NO4. The number of cyclic esters (lactones) is 2. The number of hydrogen-bond acceptors (Lipinski definition) is 5. The number of carbonyl (C=O) groups is 2. The van der Waals surface area contributed by atoms with E-state index in [0.717, 1.165) is 43.5 Å². The summed E-state index contributed by atoms with van der Waals surface area (Å²) in [5.74, 6) is -2.45. The lowest BCUT2D eigenvalue weighted by molar-refractivity contribution is -0.222. The predicted molar refractivity (Wildman–Crippen MR) is 89.8 cm³/mol. The second-order valence-electron chi connectivity index (χ2n) is 6.82. The second-order valence-corrected chi connectivity index (χ2v) is 6.82. The fraction of sp³-hybridized carbons (Fsp3) is 0.474. The van der Waals surface area contributed by atoms with Crippen LogP contribution < -0.4 is 0 Å². The molecule has 0 radical (unpaired) electrons. The molecule has 2 heterocycles. The van der Waals surface area contributed by atoms with Gasteiger partial charge in [-0.15, -0.1) is 0 Å². The number of carbonyl (C=O) groups excluding carboxylic acids is 2. The molecule has 2 saturated heterocycles. The van der Waals surface area contributed by atoms with Crippen LogP contribution in [0.3, 0.4) is 0 Å². The van der Waals surface area contributed by atoms with E-state index in [1.54, 1.807) is 13.8 Å². The number of hydrogen-bond donors (Lipinski definition) is 0. The molecule has 0 bridgehead atoms. The van der Waals surface area contributed by atoms with Crippen LogP contribution >= 0.6 is 0 Å². The molecule has 2 fully saturated rings. The SMILES string of the molecule is Cc1ccc(C(=C2C(=O)OC(C)(C)OC2=O)N2CCCCC2)cc1. The monoisotopic (exact) mass is 329 g/mol. The molecule has 2 aliphatic rings. The molecule has 1 aromatic rings. The number of rotatable bonds is 2. The number of ether oxygens (including phenoxy) is 2. The second kappa shape index (κ2) is 6.30. The van der Waals surface area contributed by atoms with Gasteiger partial charge in [0.2, 0.25) is 0 Å². The Hall–Kier alpha value is -2.30. The summed E-state index contributed by atoms with van der Waals surface area (Å²) in [7, 11) is 0. The molecule has 128 valence electrons. The Kier molecular flexibility index (Phi) is 4.35. The summed E-state index contributed by atoms with van der Waals surface area (Å²) in [5, 5.41) is 0. The van der Waals surface area contributed by atoms with Crippen LogP contribution in [0.4, 0.5) is 0 Å². The van der Waals surface area contributed by atoms with Gasteiger partial charge < -0.3 is 14.4 Å². The highest BCUT2D eigenvalue weighted by Gasteiger charge is 2.42. The molecule has 1 aromatic carbocycles. The van der Waals surface area contributed by atoms with Crippen LogP contribution in [0.5, 0.6) is 0 Å². The number of nitrogens with zero attached hydrogens (tertiary/aromatic N) is 1. The van der Waals surface area contributed by atoms with Gasteiger partial charge in [0.1, 0.15) is 0 Å². The third kappa shape index (κ3) is 3.30. The number of piperidine rings is 1. The Balaban J connectivity index is 2.10. The molecule has 5 nitrogen and oxygen atoms in total. The van der Waals surface area contributed by atoms with Crippen LogP contribution in [0.2, 0.25) is 0 Å². The summed E-state index contributed by atoms with van der Waals surface area (Å²) in [5.41, 5.74) is 2.59. The van der Waals surface area contributed by atoms with Crippen molar-refractivity contribution in [3.05, 3.63) is 41.0 Å². The highest BCUT2D eigenvalue weighted by Crippen LogP contribution is 2.32. The van der Waals surface area contributed by atoms with Crippen LogP contribution in [-0.4, -0.2) is 35.7 Å². The molecule has 0 spiro atoms. The van der Waals surface area contributed by atoms with E-state index in [9.17, 15) is 9.59 Å². The van der Waals surface area contributed by atoms with Crippen LogP contribution in [-0.2, 0) is 19.1 Å². The van der Waals surface area contributed by atoms with Crippen LogP contribution in [0.25, 0.3) is 5.70 Å². The fourth-order valence-corrected chi connectivity index (χ4v) is 3.16. The smallest absolute Gasteiger partial charge is 0.351 e. The summed E-state index contributed by atoms with van der Waals surface area (Å²) in [6, 6.07) is 7.83. The average Bonchev–Trinajstić information content (AvgIpc) is 2.52. The number of likely N-dealkylation sites (tertiary alicyclic amines) is 1. The van der Waals surface area contributed by atoms with Crippen molar-refractivity contribution in [2.45, 2.75) is 45.8 Å². The molecule has 5 heteroatoms. The van der Waals surface area contributed by atoms with Crippen molar-refractivity contribution < 1.29 is 19.1 Å². The zero-order valence-corrected chi connectivity index (χ0v) is 14.4. The molecule has 0 aromatic heterocycles. The molecule has 0 unspecified atom stereocenters. The summed E-state index contributed by atoms with van der Waals surface area (Å²) in [6.45, 7) is 6.76. The molecule has 0 atom stereocenters. The zero-order valence-electron chi connectivity index (χ0n) is 14.4. The van der Waals surface area contributed by atoms with Crippen LogP contribution in [0.1, 0.15) is 44.2 Å². The molecule has 3 rings (SSSR count). The van der Waals surface area contributed by atoms with Gasteiger partial charge in [-0.25, -0.2) is 9.59 Å². The van der Waals surface area contributed by atoms with E-state index < -0.39 is 17.7 Å². The minimum Gasteiger partial charge on any atom is -0.419 e. The van der Waals surface area contributed by atoms with Crippen molar-refractivity contribution in [2.75, 3.05) is 13.1 Å². The van der Waals surface area contributed by atoms with E-state index in [2.05, 4.69) is 4.90 Å². The Morgan fingerprint density at radius 2 is 1.50 bits per heavy atom. The van der Waals surface area contributed by atoms with Crippen molar-refractivity contribution in [3.8, 4) is 0 Å². The molecule has 0 amide bonds. The Labute approximate surface area is 142 Å². The first kappa shape index (κ1) is 16.6. The van der Waals surface area contributed by atoms with Crippen molar-refractivity contribution in [3.63, 3.8) is 0 Å². The maximum atomic E-state index is 12.5. The van der Waals surface area contributed by atoms with Crippen LogP contribution in [0, 0.1) is 6.92 Å². The Morgan fingerprint density at radius 1 is 0.958 bits per heavy atom. The first-order valence-corrected chi connectivity index (χ1v) is 8.40. The number of esters is 2. The van der Waals surface area contributed by atoms with Gasteiger partial charge >= 0.3 is 11.9 Å². The van der Waals surface area contributed by atoms with Gasteiger partial charge in [0.25, 0.3) is 5.79 Å². The first-order valence-electron chi connectivity index (χ1n) is 8.40. The maximum absolute atomic E-state index is 12.5. The van der Waals surface area contributed by atoms with E-state index in [1.165, 1.54) is 0 Å². The quantitative estimate of drug-likeness (QED) is 0.474. The van der Waals surface area contributed by atoms with Gasteiger partial charge in [0, 0.05) is 26.9 Å². The van der Waals surface area contributed by atoms with Crippen molar-refractivity contribution in [1.29, 1.82) is 0 Å². The van der Waals surface area contributed by atoms with Gasteiger partial charge in [-0.1, -0.05) is 29.8 Å². The number of benzene rings is 1. The highest BCUT2D eigenvalue weighted by atomic mass is 16.7. The summed E-state index contributed by atoms with van der Waals surface area (Å²) >= 11 is 0. The first-order chi connectivity index (χ1) is 11.4. The number of aryl methyl sites for hydroxylation is 1. The molecule has 24 heavy (non-hydrogen) atoms. The third-order valence-corrected chi connectivity index (χ3v) is 4.32. The molecule has 0 N–H and O–H groups in total. The Morgan fingerprint density at radius 3 is 2.04 bits per heavy atom. The minimum absolute atomic E-state index is 0.0000723. The molecule has 2 aliphatic heterocycles. The predicted octanol–water partition coefficient (Wildman–Crippen LogP) is 3.03.